The van der Waals surface area contributed by atoms with Gasteiger partial charge in [-0.1, -0.05) is 83.9 Å². The van der Waals surface area contributed by atoms with Crippen molar-refractivity contribution in [1.82, 2.24) is 15.4 Å². The normalized spacial score (nSPS) is 10.9. The lowest BCUT2D eigenvalue weighted by molar-refractivity contribution is 0.871. The van der Waals surface area contributed by atoms with E-state index in [-0.39, 0.29) is 10.2 Å². The monoisotopic (exact) mass is 342 g/mol. The number of nitrogens with one attached hydrogen (secondary N) is 1. The zero-order valence-electron chi connectivity index (χ0n) is 11.9. The minimum Gasteiger partial charge on any atom is -0.337 e. The van der Waals surface area contributed by atoms with E-state index in [0.29, 0.717) is 5.82 Å². The van der Waals surface area contributed by atoms with Crippen molar-refractivity contribution in [3.63, 3.8) is 0 Å². The Morgan fingerprint density at radius 3 is 2.39 bits per heavy atom. The second-order valence-electron chi connectivity index (χ2n) is 4.70. The van der Waals surface area contributed by atoms with Crippen LogP contribution < -0.4 is 5.32 Å². The number of benzene rings is 2. The van der Waals surface area contributed by atoms with Gasteiger partial charge in [0.1, 0.15) is 5.02 Å². The summed E-state index contributed by atoms with van der Waals surface area (Å²) in [5.41, 5.74) is 2.95. The Kier molecular flexibility index (Phi) is 4.86. The van der Waals surface area contributed by atoms with Gasteiger partial charge in [0.2, 0.25) is 0 Å². The molecule has 0 bridgehead atoms. The Hall–Kier alpha value is -2.43. The first-order valence-corrected chi connectivity index (χ1v) is 7.63. The summed E-state index contributed by atoms with van der Waals surface area (Å²) in [4.78, 5) is 0. The van der Waals surface area contributed by atoms with Crippen molar-refractivity contribution in [2.24, 2.45) is 0 Å². The van der Waals surface area contributed by atoms with Crippen LogP contribution in [0, 0.1) is 0 Å². The van der Waals surface area contributed by atoms with Crippen LogP contribution in [0.2, 0.25) is 10.2 Å². The standard InChI is InChI=1S/C17H12Cl2N4/c18-15-16(19)21-23-22-17(15)20-14-9-5-4-8-13(14)11-10-12-6-2-1-3-7-12/h1-11H,(H,20,21,22). The lowest BCUT2D eigenvalue weighted by atomic mass is 10.1. The first kappa shape index (κ1) is 15.5. The van der Waals surface area contributed by atoms with Gasteiger partial charge in [-0.25, -0.2) is 0 Å². The zero-order chi connectivity index (χ0) is 16.1. The smallest absolute Gasteiger partial charge is 0.176 e. The molecule has 4 nitrogen and oxygen atoms in total. The molecule has 0 fully saturated rings. The number of hydrogen-bond donors (Lipinski definition) is 1. The molecule has 0 atom stereocenters. The summed E-state index contributed by atoms with van der Waals surface area (Å²) in [5.74, 6) is 0.368. The van der Waals surface area contributed by atoms with Crippen LogP contribution in [0.3, 0.4) is 0 Å². The highest BCUT2D eigenvalue weighted by atomic mass is 35.5. The molecule has 1 N–H and O–H groups in total. The maximum absolute atomic E-state index is 6.09. The van der Waals surface area contributed by atoms with Crippen LogP contribution in [0.4, 0.5) is 11.5 Å². The minimum atomic E-state index is 0.112. The largest absolute Gasteiger partial charge is 0.337 e. The Labute approximate surface area is 143 Å². The molecular weight excluding hydrogens is 331 g/mol. The van der Waals surface area contributed by atoms with Gasteiger partial charge in [0.15, 0.2) is 11.0 Å². The summed E-state index contributed by atoms with van der Waals surface area (Å²) in [5, 5.41) is 14.5. The van der Waals surface area contributed by atoms with Gasteiger partial charge in [-0.15, -0.1) is 10.2 Å². The summed E-state index contributed by atoms with van der Waals surface area (Å²) in [6.07, 6.45) is 4.05. The number of hydrogen-bond acceptors (Lipinski definition) is 4. The molecule has 0 saturated carbocycles. The van der Waals surface area contributed by atoms with Crippen molar-refractivity contribution < 1.29 is 0 Å². The molecule has 0 unspecified atom stereocenters. The van der Waals surface area contributed by atoms with Gasteiger partial charge in [0.25, 0.3) is 0 Å². The Morgan fingerprint density at radius 1 is 0.826 bits per heavy atom. The average Bonchev–Trinajstić information content (AvgIpc) is 2.59. The molecule has 3 aromatic rings. The Morgan fingerprint density at radius 2 is 1.57 bits per heavy atom. The van der Waals surface area contributed by atoms with Gasteiger partial charge in [-0.05, 0) is 22.4 Å². The molecule has 0 aliphatic heterocycles. The van der Waals surface area contributed by atoms with Crippen molar-refractivity contribution in [3.05, 3.63) is 75.9 Å². The minimum absolute atomic E-state index is 0.112. The van der Waals surface area contributed by atoms with E-state index >= 15 is 0 Å². The third-order valence-electron chi connectivity index (χ3n) is 3.14. The molecule has 0 amide bonds. The predicted molar refractivity (Wildman–Crippen MR) is 94.9 cm³/mol. The Balaban J connectivity index is 1.89. The first-order chi connectivity index (χ1) is 11.2. The Bertz CT molecular complexity index is 835. The molecule has 114 valence electrons. The number of anilines is 2. The molecule has 6 heteroatoms. The fourth-order valence-electron chi connectivity index (χ4n) is 2.01. The van der Waals surface area contributed by atoms with E-state index in [2.05, 4.69) is 20.7 Å². The molecule has 2 aromatic carbocycles. The van der Waals surface area contributed by atoms with Crippen LogP contribution in [0.25, 0.3) is 12.2 Å². The molecule has 0 saturated heterocycles. The second kappa shape index (κ2) is 7.22. The lowest BCUT2D eigenvalue weighted by Gasteiger charge is -2.09. The van der Waals surface area contributed by atoms with E-state index in [1.807, 2.05) is 66.7 Å². The molecule has 1 aromatic heterocycles. The molecule has 0 aliphatic rings. The maximum Gasteiger partial charge on any atom is 0.176 e. The van der Waals surface area contributed by atoms with Crippen LogP contribution in [-0.4, -0.2) is 15.4 Å². The van der Waals surface area contributed by atoms with E-state index in [1.54, 1.807) is 0 Å². The summed E-state index contributed by atoms with van der Waals surface area (Å²) in [7, 11) is 0. The van der Waals surface area contributed by atoms with Crippen molar-refractivity contribution in [2.45, 2.75) is 0 Å². The summed E-state index contributed by atoms with van der Waals surface area (Å²) < 4.78 is 0. The highest BCUT2D eigenvalue weighted by Gasteiger charge is 2.09. The van der Waals surface area contributed by atoms with Gasteiger partial charge in [0.05, 0.1) is 0 Å². The molecule has 0 spiro atoms. The third-order valence-corrected chi connectivity index (χ3v) is 3.85. The lowest BCUT2D eigenvalue weighted by Crippen LogP contribution is -2.00. The van der Waals surface area contributed by atoms with Crippen LogP contribution in [0.5, 0.6) is 0 Å². The van der Waals surface area contributed by atoms with E-state index in [4.69, 9.17) is 23.2 Å². The van der Waals surface area contributed by atoms with Crippen molar-refractivity contribution in [2.75, 3.05) is 5.32 Å². The first-order valence-electron chi connectivity index (χ1n) is 6.87. The van der Waals surface area contributed by atoms with Crippen molar-refractivity contribution in [1.29, 1.82) is 0 Å². The molecule has 3 rings (SSSR count). The summed E-state index contributed by atoms with van der Waals surface area (Å²) in [6, 6.07) is 17.9. The highest BCUT2D eigenvalue weighted by Crippen LogP contribution is 2.29. The molecule has 1 heterocycles. The SMILES string of the molecule is Clc1nnnc(Nc2ccccc2C=Cc2ccccc2)c1Cl. The maximum atomic E-state index is 6.09. The molecule has 0 radical (unpaired) electrons. The number of halogens is 2. The fraction of sp³-hybridized carbons (Fsp3) is 0. The summed E-state index contributed by atoms with van der Waals surface area (Å²) in [6.45, 7) is 0. The van der Waals surface area contributed by atoms with Crippen molar-refractivity contribution in [3.8, 4) is 0 Å². The van der Waals surface area contributed by atoms with Gasteiger partial charge in [0, 0.05) is 5.69 Å². The highest BCUT2D eigenvalue weighted by molar-refractivity contribution is 6.42. The molecular formula is C17H12Cl2N4. The number of rotatable bonds is 4. The topological polar surface area (TPSA) is 50.7 Å². The van der Waals surface area contributed by atoms with Crippen LogP contribution in [0.1, 0.15) is 11.1 Å². The quantitative estimate of drug-likeness (QED) is 0.670. The van der Waals surface area contributed by atoms with E-state index in [9.17, 15) is 0 Å². The van der Waals surface area contributed by atoms with Crippen LogP contribution >= 0.6 is 23.2 Å². The van der Waals surface area contributed by atoms with Gasteiger partial charge in [-0.3, -0.25) is 0 Å². The predicted octanol–water partition coefficient (Wildman–Crippen LogP) is 5.09. The molecule has 23 heavy (non-hydrogen) atoms. The van der Waals surface area contributed by atoms with E-state index in [0.717, 1.165) is 16.8 Å². The van der Waals surface area contributed by atoms with E-state index in [1.165, 1.54) is 0 Å². The fourth-order valence-corrected chi connectivity index (χ4v) is 2.25. The summed E-state index contributed by atoms with van der Waals surface area (Å²) >= 11 is 12.0. The third kappa shape index (κ3) is 3.86. The number of para-hydroxylation sites is 1. The number of nitrogens with zero attached hydrogens (tertiary/aromatic N) is 3. The molecule has 0 aliphatic carbocycles. The number of aromatic nitrogens is 3. The van der Waals surface area contributed by atoms with Gasteiger partial charge in [-0.2, -0.15) is 0 Å². The second-order valence-corrected chi connectivity index (χ2v) is 5.44. The van der Waals surface area contributed by atoms with E-state index < -0.39 is 0 Å². The van der Waals surface area contributed by atoms with Crippen LogP contribution in [0.15, 0.2) is 54.6 Å². The van der Waals surface area contributed by atoms with Crippen LogP contribution in [-0.2, 0) is 0 Å². The van der Waals surface area contributed by atoms with Gasteiger partial charge < -0.3 is 5.32 Å². The van der Waals surface area contributed by atoms with Gasteiger partial charge >= 0.3 is 0 Å². The van der Waals surface area contributed by atoms with Crippen molar-refractivity contribution >= 4 is 46.9 Å². The zero-order valence-corrected chi connectivity index (χ0v) is 13.5. The average molecular weight is 343 g/mol.